The number of fused-ring (bicyclic) bond motifs is 2. The summed E-state index contributed by atoms with van der Waals surface area (Å²) in [5.41, 5.74) is 3.59. The van der Waals surface area contributed by atoms with E-state index in [1.165, 1.54) is 17.6 Å². The summed E-state index contributed by atoms with van der Waals surface area (Å²) in [6.45, 7) is 1.45. The first kappa shape index (κ1) is 17.3. The maximum atomic E-state index is 12.5. The van der Waals surface area contributed by atoms with Crippen LogP contribution in [-0.2, 0) is 16.0 Å². The molecule has 2 heterocycles. The van der Waals surface area contributed by atoms with E-state index >= 15 is 0 Å². The number of hydrogen-bond acceptors (Lipinski definition) is 4. The van der Waals surface area contributed by atoms with Crippen molar-refractivity contribution in [2.24, 2.45) is 5.92 Å². The molecule has 0 radical (unpaired) electrons. The molecule has 136 valence electrons. The molecule has 26 heavy (non-hydrogen) atoms. The lowest BCUT2D eigenvalue weighted by Gasteiger charge is -2.23. The van der Waals surface area contributed by atoms with Crippen LogP contribution in [-0.4, -0.2) is 37.2 Å². The van der Waals surface area contributed by atoms with E-state index in [1.54, 1.807) is 0 Å². The summed E-state index contributed by atoms with van der Waals surface area (Å²) in [4.78, 5) is 12.5. The van der Waals surface area contributed by atoms with Crippen LogP contribution in [0, 0.1) is 17.2 Å². The molecule has 1 amide bonds. The number of piperidine rings is 1. The largest absolute Gasteiger partial charge is 0.377 e. The van der Waals surface area contributed by atoms with Crippen LogP contribution in [0.2, 0.25) is 0 Å². The summed E-state index contributed by atoms with van der Waals surface area (Å²) >= 11 is 0. The van der Waals surface area contributed by atoms with E-state index in [1.807, 2.05) is 0 Å². The number of carbonyl (C=O) groups is 1. The van der Waals surface area contributed by atoms with Gasteiger partial charge >= 0.3 is 0 Å². The monoisotopic (exact) mass is 351 g/mol. The van der Waals surface area contributed by atoms with Crippen LogP contribution in [0.5, 0.6) is 0 Å². The second kappa shape index (κ2) is 7.61. The molecule has 1 aromatic rings. The molecule has 5 heteroatoms. The number of nitrogens with one attached hydrogen (secondary N) is 2. The van der Waals surface area contributed by atoms with Crippen LogP contribution >= 0.6 is 0 Å². The summed E-state index contributed by atoms with van der Waals surface area (Å²) in [7, 11) is 0. The van der Waals surface area contributed by atoms with Gasteiger partial charge in [-0.05, 0) is 48.3 Å². The summed E-state index contributed by atoms with van der Waals surface area (Å²) in [5.74, 6) is 0.416. The van der Waals surface area contributed by atoms with Crippen molar-refractivity contribution in [3.05, 3.63) is 41.5 Å². The topological polar surface area (TPSA) is 74.1 Å². The molecule has 1 saturated heterocycles. The highest BCUT2D eigenvalue weighted by atomic mass is 16.5. The molecule has 1 aliphatic carbocycles. The lowest BCUT2D eigenvalue weighted by Crippen LogP contribution is -2.50. The molecule has 2 bridgehead atoms. The Bertz CT molecular complexity index is 735. The first-order valence-electron chi connectivity index (χ1n) is 9.55. The molecule has 0 aromatic heterocycles. The maximum absolute atomic E-state index is 12.5. The predicted octanol–water partition coefficient (Wildman–Crippen LogP) is 2.18. The zero-order chi connectivity index (χ0) is 17.9. The van der Waals surface area contributed by atoms with Gasteiger partial charge in [0.05, 0.1) is 25.3 Å². The van der Waals surface area contributed by atoms with Crippen LogP contribution in [0.3, 0.4) is 0 Å². The van der Waals surface area contributed by atoms with Crippen LogP contribution < -0.4 is 10.6 Å². The van der Waals surface area contributed by atoms with Crippen LogP contribution in [0.15, 0.2) is 30.3 Å². The standard InChI is InChI=1S/C21H25N3O2/c22-13-19(24-21(25)20-17-5-6-18(12-17)23-20)11-14-1-3-15(4-2-14)16-7-9-26-10-8-16/h1-4,7,17-20,23H,5-6,8-12H2,(H,24,25)/t17-,18+,19-,20-/m0/s1. The van der Waals surface area contributed by atoms with Crippen molar-refractivity contribution in [2.75, 3.05) is 13.2 Å². The maximum Gasteiger partial charge on any atom is 0.238 e. The van der Waals surface area contributed by atoms with Crippen molar-refractivity contribution in [1.29, 1.82) is 5.26 Å². The fraction of sp³-hybridized carbons (Fsp3) is 0.524. The van der Waals surface area contributed by atoms with Crippen molar-refractivity contribution >= 4 is 11.5 Å². The van der Waals surface area contributed by atoms with E-state index < -0.39 is 6.04 Å². The highest BCUT2D eigenvalue weighted by molar-refractivity contribution is 5.83. The van der Waals surface area contributed by atoms with Crippen LogP contribution in [0.25, 0.3) is 5.57 Å². The van der Waals surface area contributed by atoms with Gasteiger partial charge in [0, 0.05) is 12.5 Å². The first-order valence-corrected chi connectivity index (χ1v) is 9.55. The third-order valence-electron chi connectivity index (χ3n) is 5.84. The number of hydrogen-bond donors (Lipinski definition) is 2. The summed E-state index contributed by atoms with van der Waals surface area (Å²) < 4.78 is 5.35. The number of rotatable bonds is 5. The molecule has 4 rings (SSSR count). The minimum absolute atomic E-state index is 0.0206. The van der Waals surface area contributed by atoms with E-state index in [9.17, 15) is 10.1 Å². The zero-order valence-electron chi connectivity index (χ0n) is 14.9. The molecule has 5 nitrogen and oxygen atoms in total. The Balaban J connectivity index is 1.35. The summed E-state index contributed by atoms with van der Waals surface area (Å²) in [6.07, 6.45) is 6.98. The molecular weight excluding hydrogens is 326 g/mol. The van der Waals surface area contributed by atoms with Gasteiger partial charge in [-0.1, -0.05) is 30.3 Å². The Kier molecular flexibility index (Phi) is 5.05. The number of benzene rings is 1. The highest BCUT2D eigenvalue weighted by Crippen LogP contribution is 2.35. The molecule has 0 unspecified atom stereocenters. The van der Waals surface area contributed by atoms with Gasteiger partial charge in [-0.2, -0.15) is 5.26 Å². The van der Waals surface area contributed by atoms with Gasteiger partial charge in [-0.15, -0.1) is 0 Å². The minimum Gasteiger partial charge on any atom is -0.377 e. The van der Waals surface area contributed by atoms with E-state index in [4.69, 9.17) is 4.74 Å². The molecule has 1 aromatic carbocycles. The Morgan fingerprint density at radius 3 is 2.81 bits per heavy atom. The second-order valence-corrected chi connectivity index (χ2v) is 7.56. The zero-order valence-corrected chi connectivity index (χ0v) is 14.9. The number of nitriles is 1. The Morgan fingerprint density at radius 2 is 2.19 bits per heavy atom. The Labute approximate surface area is 154 Å². The number of carbonyl (C=O) groups excluding carboxylic acids is 1. The van der Waals surface area contributed by atoms with Crippen molar-refractivity contribution < 1.29 is 9.53 Å². The number of ether oxygens (including phenoxy) is 1. The average molecular weight is 351 g/mol. The van der Waals surface area contributed by atoms with Crippen molar-refractivity contribution in [3.63, 3.8) is 0 Å². The molecule has 2 aliphatic heterocycles. The normalized spacial score (nSPS) is 28.3. The third kappa shape index (κ3) is 3.67. The van der Waals surface area contributed by atoms with Gasteiger partial charge in [0.25, 0.3) is 0 Å². The highest BCUT2D eigenvalue weighted by Gasteiger charge is 2.43. The molecule has 1 saturated carbocycles. The number of amides is 1. The van der Waals surface area contributed by atoms with Crippen molar-refractivity contribution in [3.8, 4) is 6.07 Å². The van der Waals surface area contributed by atoms with Gasteiger partial charge < -0.3 is 15.4 Å². The smallest absolute Gasteiger partial charge is 0.238 e. The van der Waals surface area contributed by atoms with E-state index in [-0.39, 0.29) is 11.9 Å². The Hall–Kier alpha value is -2.16. The lowest BCUT2D eigenvalue weighted by atomic mass is 9.97. The van der Waals surface area contributed by atoms with Gasteiger partial charge in [0.1, 0.15) is 6.04 Å². The fourth-order valence-corrected chi connectivity index (χ4v) is 4.42. The molecule has 2 N–H and O–H groups in total. The SMILES string of the molecule is N#C[C@H](Cc1ccc(C2=CCOCC2)cc1)NC(=O)[C@H]1N[C@@H]2CC[C@H]1C2. The Morgan fingerprint density at radius 1 is 1.35 bits per heavy atom. The molecule has 3 aliphatic rings. The van der Waals surface area contributed by atoms with Gasteiger partial charge in [-0.3, -0.25) is 4.79 Å². The van der Waals surface area contributed by atoms with Gasteiger partial charge in [-0.25, -0.2) is 0 Å². The lowest BCUT2D eigenvalue weighted by molar-refractivity contribution is -0.124. The fourth-order valence-electron chi connectivity index (χ4n) is 4.42. The number of nitrogens with zero attached hydrogens (tertiary/aromatic N) is 1. The van der Waals surface area contributed by atoms with E-state index in [2.05, 4.69) is 47.0 Å². The molecule has 4 atom stereocenters. The van der Waals surface area contributed by atoms with E-state index in [0.717, 1.165) is 31.4 Å². The van der Waals surface area contributed by atoms with E-state index in [0.29, 0.717) is 25.0 Å². The van der Waals surface area contributed by atoms with Crippen LogP contribution in [0.4, 0.5) is 0 Å². The van der Waals surface area contributed by atoms with Crippen molar-refractivity contribution in [1.82, 2.24) is 10.6 Å². The van der Waals surface area contributed by atoms with Crippen molar-refractivity contribution in [2.45, 2.75) is 50.2 Å². The molecular formula is C21H25N3O2. The average Bonchev–Trinajstić information content (AvgIpc) is 3.32. The molecule has 2 fully saturated rings. The van der Waals surface area contributed by atoms with Gasteiger partial charge in [0.15, 0.2) is 0 Å². The van der Waals surface area contributed by atoms with Crippen LogP contribution in [0.1, 0.15) is 36.8 Å². The minimum atomic E-state index is -0.489. The second-order valence-electron chi connectivity index (χ2n) is 7.56. The quantitative estimate of drug-likeness (QED) is 0.853. The third-order valence-corrected chi connectivity index (χ3v) is 5.84. The summed E-state index contributed by atoms with van der Waals surface area (Å²) in [5, 5.41) is 15.8. The summed E-state index contributed by atoms with van der Waals surface area (Å²) in [6, 6.07) is 10.4. The van der Waals surface area contributed by atoms with Gasteiger partial charge in [0.2, 0.25) is 5.91 Å². The first-order chi connectivity index (χ1) is 12.7. The molecule has 0 spiro atoms. The predicted molar refractivity (Wildman–Crippen MR) is 99.2 cm³/mol.